The van der Waals surface area contributed by atoms with Crippen molar-refractivity contribution in [3.05, 3.63) is 88.0 Å². The van der Waals surface area contributed by atoms with E-state index in [4.69, 9.17) is 14.2 Å². The molecular weight excluding hydrogens is 520 g/mol. The average molecular weight is 549 g/mol. The highest BCUT2D eigenvalue weighted by Crippen LogP contribution is 2.46. The number of thiazole rings is 1. The molecule has 1 aromatic heterocycles. The van der Waals surface area contributed by atoms with Crippen molar-refractivity contribution in [3.63, 3.8) is 0 Å². The Morgan fingerprint density at radius 1 is 1.21 bits per heavy atom. The van der Waals surface area contributed by atoms with Gasteiger partial charge in [0.05, 0.1) is 25.0 Å². The number of anilines is 1. The second-order valence-electron chi connectivity index (χ2n) is 8.62. The number of esters is 1. The number of carbonyl (C=O) groups is 3. The van der Waals surface area contributed by atoms with E-state index in [0.29, 0.717) is 40.5 Å². The van der Waals surface area contributed by atoms with E-state index < -0.39 is 23.7 Å². The molecule has 202 valence electrons. The van der Waals surface area contributed by atoms with Crippen LogP contribution in [-0.2, 0) is 14.3 Å². The lowest BCUT2D eigenvalue weighted by molar-refractivity contribution is -0.132. The molecule has 1 aliphatic rings. The zero-order valence-electron chi connectivity index (χ0n) is 22.0. The number of carbonyl (C=O) groups excluding carboxylic acids is 3. The van der Waals surface area contributed by atoms with Crippen LogP contribution in [0.4, 0.5) is 5.13 Å². The van der Waals surface area contributed by atoms with E-state index in [1.165, 1.54) is 18.1 Å². The highest BCUT2D eigenvalue weighted by Gasteiger charge is 2.49. The summed E-state index contributed by atoms with van der Waals surface area (Å²) in [7, 11) is 1.53. The number of ketones is 1. The second-order valence-corrected chi connectivity index (χ2v) is 9.60. The molecule has 1 atom stereocenters. The first-order valence-electron chi connectivity index (χ1n) is 12.2. The van der Waals surface area contributed by atoms with Gasteiger partial charge in [-0.15, -0.1) is 0 Å². The van der Waals surface area contributed by atoms with Crippen LogP contribution in [0, 0.1) is 13.8 Å². The lowest BCUT2D eigenvalue weighted by Crippen LogP contribution is -2.29. The number of aliphatic hydroxyl groups is 1. The molecule has 0 aliphatic carbocycles. The monoisotopic (exact) mass is 548 g/mol. The molecule has 0 saturated carbocycles. The minimum absolute atomic E-state index is 0.0129. The maximum atomic E-state index is 13.6. The highest BCUT2D eigenvalue weighted by atomic mass is 32.1. The van der Waals surface area contributed by atoms with Crippen molar-refractivity contribution < 1.29 is 33.7 Å². The molecule has 3 aromatic rings. The smallest absolute Gasteiger partial charge is 0.350 e. The molecule has 10 heteroatoms. The standard InChI is InChI=1S/C29H28N2O7S/c1-6-14-38-28(35)26-17(4)30-29(39-26)31-23(20-10-8-9-11-21(20)37-7-2)22(25(33)27(31)34)24(32)19-13-12-18(36-5)15-16(19)3/h6,8-13,15,23,32H,1,7,14H2,2-5H3/b24-22+/t23-/m0/s1. The van der Waals surface area contributed by atoms with Gasteiger partial charge in [-0.1, -0.05) is 42.2 Å². The number of Topliss-reactive ketones (excluding diaryl/α,β-unsaturated/α-hetero) is 1. The number of aryl methyl sites for hydroxylation is 2. The van der Waals surface area contributed by atoms with Gasteiger partial charge in [0.15, 0.2) is 5.13 Å². The van der Waals surface area contributed by atoms with Gasteiger partial charge in [-0.25, -0.2) is 9.78 Å². The number of hydrogen-bond donors (Lipinski definition) is 1. The zero-order valence-corrected chi connectivity index (χ0v) is 22.8. The summed E-state index contributed by atoms with van der Waals surface area (Å²) in [6, 6.07) is 10.9. The van der Waals surface area contributed by atoms with Gasteiger partial charge in [0, 0.05) is 11.1 Å². The van der Waals surface area contributed by atoms with E-state index in [0.717, 1.165) is 11.3 Å². The van der Waals surface area contributed by atoms with Crippen LogP contribution >= 0.6 is 11.3 Å². The average Bonchev–Trinajstić information content (AvgIpc) is 3.43. The van der Waals surface area contributed by atoms with Crippen LogP contribution < -0.4 is 14.4 Å². The predicted octanol–water partition coefficient (Wildman–Crippen LogP) is 5.14. The number of nitrogens with zero attached hydrogens (tertiary/aromatic N) is 2. The summed E-state index contributed by atoms with van der Waals surface area (Å²) in [5.41, 5.74) is 1.72. The number of methoxy groups -OCH3 is 1. The van der Waals surface area contributed by atoms with Crippen LogP contribution in [0.5, 0.6) is 11.5 Å². The number of amides is 1. The van der Waals surface area contributed by atoms with E-state index in [1.54, 1.807) is 56.3 Å². The van der Waals surface area contributed by atoms with Gasteiger partial charge in [-0.05, 0) is 50.6 Å². The van der Waals surface area contributed by atoms with Crippen molar-refractivity contribution >= 4 is 39.9 Å². The summed E-state index contributed by atoms with van der Waals surface area (Å²) in [5.74, 6) is -1.72. The third-order valence-electron chi connectivity index (χ3n) is 6.16. The molecule has 9 nitrogen and oxygen atoms in total. The number of rotatable bonds is 9. The largest absolute Gasteiger partial charge is 0.507 e. The van der Waals surface area contributed by atoms with Gasteiger partial charge >= 0.3 is 11.9 Å². The molecule has 2 heterocycles. The number of para-hydroxylation sites is 1. The highest BCUT2D eigenvalue weighted by molar-refractivity contribution is 7.17. The minimum Gasteiger partial charge on any atom is -0.507 e. The molecule has 1 amide bonds. The topological polar surface area (TPSA) is 115 Å². The molecule has 0 radical (unpaired) electrons. The van der Waals surface area contributed by atoms with Gasteiger partial charge in [-0.2, -0.15) is 0 Å². The summed E-state index contributed by atoms with van der Waals surface area (Å²) in [4.78, 5) is 45.5. The summed E-state index contributed by atoms with van der Waals surface area (Å²) in [6.07, 6.45) is 1.44. The fraction of sp³-hybridized carbons (Fsp3) is 0.241. The first kappa shape index (κ1) is 27.6. The van der Waals surface area contributed by atoms with Crippen LogP contribution in [0.25, 0.3) is 5.76 Å². The Morgan fingerprint density at radius 3 is 2.62 bits per heavy atom. The van der Waals surface area contributed by atoms with Crippen molar-refractivity contribution in [2.75, 3.05) is 25.2 Å². The van der Waals surface area contributed by atoms with Crippen LogP contribution in [0.2, 0.25) is 0 Å². The van der Waals surface area contributed by atoms with Crippen LogP contribution in [0.15, 0.2) is 60.7 Å². The molecule has 1 N–H and O–H groups in total. The minimum atomic E-state index is -1.07. The molecule has 1 aliphatic heterocycles. The summed E-state index contributed by atoms with van der Waals surface area (Å²) in [5, 5.41) is 11.6. The molecule has 0 bridgehead atoms. The molecule has 0 spiro atoms. The quantitative estimate of drug-likeness (QED) is 0.129. The summed E-state index contributed by atoms with van der Waals surface area (Å²) >= 11 is 0.928. The second kappa shape index (κ2) is 11.5. The Kier molecular flexibility index (Phi) is 8.15. The maximum absolute atomic E-state index is 13.6. The molecule has 0 unspecified atom stereocenters. The Bertz CT molecular complexity index is 1490. The van der Waals surface area contributed by atoms with E-state index in [9.17, 15) is 19.5 Å². The van der Waals surface area contributed by atoms with Crippen molar-refractivity contribution in [1.82, 2.24) is 4.98 Å². The normalized spacial score (nSPS) is 16.3. The first-order chi connectivity index (χ1) is 18.7. The molecule has 1 saturated heterocycles. The number of aromatic nitrogens is 1. The van der Waals surface area contributed by atoms with Gasteiger partial charge in [-0.3, -0.25) is 14.5 Å². The van der Waals surface area contributed by atoms with Crippen molar-refractivity contribution in [2.45, 2.75) is 26.8 Å². The third kappa shape index (κ3) is 5.15. The molecular formula is C29H28N2O7S. The van der Waals surface area contributed by atoms with E-state index in [1.807, 2.05) is 6.92 Å². The number of ether oxygens (including phenoxy) is 3. The van der Waals surface area contributed by atoms with Gasteiger partial charge in [0.2, 0.25) is 0 Å². The predicted molar refractivity (Wildman–Crippen MR) is 147 cm³/mol. The zero-order chi connectivity index (χ0) is 28.3. The third-order valence-corrected chi connectivity index (χ3v) is 7.29. The van der Waals surface area contributed by atoms with Crippen molar-refractivity contribution in [1.29, 1.82) is 0 Å². The van der Waals surface area contributed by atoms with Crippen LogP contribution in [0.1, 0.15) is 45.0 Å². The molecule has 39 heavy (non-hydrogen) atoms. The number of aliphatic hydroxyl groups excluding tert-OH is 1. The van der Waals surface area contributed by atoms with Gasteiger partial charge < -0.3 is 19.3 Å². The lowest BCUT2D eigenvalue weighted by atomic mass is 9.93. The first-order valence-corrected chi connectivity index (χ1v) is 13.0. The Hall–Kier alpha value is -4.44. The van der Waals surface area contributed by atoms with Crippen LogP contribution in [0.3, 0.4) is 0 Å². The molecule has 4 rings (SSSR count). The van der Waals surface area contributed by atoms with Crippen molar-refractivity contribution in [2.24, 2.45) is 0 Å². The SMILES string of the molecule is C=CCOC(=O)c1sc(N2C(=O)C(=O)/C(=C(/O)c3ccc(OC)cc3C)[C@@H]2c2ccccc2OCC)nc1C. The Labute approximate surface area is 230 Å². The van der Waals surface area contributed by atoms with E-state index in [2.05, 4.69) is 11.6 Å². The van der Waals surface area contributed by atoms with Crippen molar-refractivity contribution in [3.8, 4) is 11.5 Å². The Balaban J connectivity index is 1.94. The number of hydrogen-bond acceptors (Lipinski definition) is 9. The fourth-order valence-corrected chi connectivity index (χ4v) is 5.35. The summed E-state index contributed by atoms with van der Waals surface area (Å²) < 4.78 is 16.3. The molecule has 2 aromatic carbocycles. The van der Waals surface area contributed by atoms with Crippen LogP contribution in [-0.4, -0.2) is 48.1 Å². The van der Waals surface area contributed by atoms with Gasteiger partial charge in [0.25, 0.3) is 5.78 Å². The maximum Gasteiger partial charge on any atom is 0.350 e. The van der Waals surface area contributed by atoms with Gasteiger partial charge in [0.1, 0.15) is 34.8 Å². The molecule has 1 fully saturated rings. The number of benzene rings is 2. The van der Waals surface area contributed by atoms with E-state index in [-0.39, 0.29) is 27.9 Å². The Morgan fingerprint density at radius 2 is 1.95 bits per heavy atom. The fourth-order valence-electron chi connectivity index (χ4n) is 4.37. The lowest BCUT2D eigenvalue weighted by Gasteiger charge is -2.25. The summed E-state index contributed by atoms with van der Waals surface area (Å²) in [6.45, 7) is 9.09. The van der Waals surface area contributed by atoms with E-state index >= 15 is 0 Å².